The Morgan fingerprint density at radius 3 is 2.67 bits per heavy atom. The summed E-state index contributed by atoms with van der Waals surface area (Å²) >= 11 is 3.02. The molecule has 9 nitrogen and oxygen atoms in total. The highest BCUT2D eigenvalue weighted by atomic mass is 32.1. The number of nitrogens with one attached hydrogen (secondary N) is 1. The lowest BCUT2D eigenvalue weighted by Crippen LogP contribution is -2.41. The summed E-state index contributed by atoms with van der Waals surface area (Å²) in [6.07, 6.45) is 3.16. The van der Waals surface area contributed by atoms with Crippen molar-refractivity contribution in [2.45, 2.75) is 71.5 Å². The Labute approximate surface area is 243 Å². The fourth-order valence-electron chi connectivity index (χ4n) is 4.48. The molecule has 212 valence electrons. The second-order valence-corrected chi connectivity index (χ2v) is 18.5. The Bertz CT molecular complexity index is 1510. The van der Waals surface area contributed by atoms with Gasteiger partial charge in [0.2, 0.25) is 0 Å². The smallest absolute Gasteiger partial charge is 0.355 e. The third kappa shape index (κ3) is 5.76. The molecule has 5 rings (SSSR count). The first kappa shape index (κ1) is 28.6. The number of benzene rings is 1. The summed E-state index contributed by atoms with van der Waals surface area (Å²) in [7, 11) is -1.84. The van der Waals surface area contributed by atoms with E-state index in [1.807, 2.05) is 30.0 Å². The molecule has 0 unspecified atom stereocenters. The maximum Gasteiger partial charge on any atom is 0.355 e. The molecule has 12 heteroatoms. The number of carboxylic acids is 1. The van der Waals surface area contributed by atoms with E-state index in [4.69, 9.17) is 4.43 Å². The maximum atomic E-state index is 12.1. The number of hydrogen-bond donors (Lipinski definition) is 2. The normalized spacial score (nSPS) is 14.0. The summed E-state index contributed by atoms with van der Waals surface area (Å²) in [6.45, 7) is 14.5. The van der Waals surface area contributed by atoms with Crippen molar-refractivity contribution in [3.8, 4) is 0 Å². The van der Waals surface area contributed by atoms with Crippen molar-refractivity contribution in [2.24, 2.45) is 0 Å². The van der Waals surface area contributed by atoms with Crippen LogP contribution in [-0.2, 0) is 17.3 Å². The third-order valence-electron chi connectivity index (χ3n) is 7.84. The van der Waals surface area contributed by atoms with E-state index in [0.717, 1.165) is 56.4 Å². The number of aryl methyl sites for hydroxylation is 1. The zero-order valence-electron chi connectivity index (χ0n) is 23.9. The molecule has 0 spiro atoms. The molecule has 40 heavy (non-hydrogen) atoms. The molecule has 1 aromatic carbocycles. The molecule has 2 N–H and O–H groups in total. The molecule has 0 radical (unpaired) electrons. The molecule has 0 atom stereocenters. The van der Waals surface area contributed by atoms with Crippen LogP contribution >= 0.6 is 22.7 Å². The average molecular weight is 597 g/mol. The van der Waals surface area contributed by atoms with Crippen molar-refractivity contribution in [3.63, 3.8) is 0 Å². The number of thiazole rings is 2. The Morgan fingerprint density at radius 2 is 1.95 bits per heavy atom. The number of para-hydroxylation sites is 1. The third-order valence-corrected chi connectivity index (χ3v) is 14.5. The summed E-state index contributed by atoms with van der Waals surface area (Å²) in [5, 5.41) is 23.9. The number of aromatic carboxylic acids is 1. The molecular weight excluding hydrogens is 561 g/mol. The van der Waals surface area contributed by atoms with Crippen LogP contribution in [0.15, 0.2) is 24.3 Å². The van der Waals surface area contributed by atoms with Crippen molar-refractivity contribution in [1.82, 2.24) is 20.2 Å². The highest BCUT2D eigenvalue weighted by molar-refractivity contribution is 7.22. The van der Waals surface area contributed by atoms with Gasteiger partial charge in [0.15, 0.2) is 35.9 Å². The Hall–Kier alpha value is -2.93. The van der Waals surface area contributed by atoms with Gasteiger partial charge in [0.25, 0.3) is 0 Å². The summed E-state index contributed by atoms with van der Waals surface area (Å²) in [6, 6.07) is 8.03. The molecule has 4 heterocycles. The number of aromatic nitrogens is 4. The van der Waals surface area contributed by atoms with E-state index in [-0.39, 0.29) is 10.7 Å². The average Bonchev–Trinajstić information content (AvgIpc) is 3.51. The van der Waals surface area contributed by atoms with Crippen molar-refractivity contribution in [3.05, 3.63) is 46.0 Å². The molecule has 0 saturated carbocycles. The standard InChI is InChI=1S/C28H36N6O3S2Si/c1-17-18-11-9-15-34(24(18)33-32-23(17)31-26-29-19-12-7-8-13-20(19)38-26)27-30-22(25(35)36)21(39-27)14-10-16-37-40(5,6)28(2,3)4/h7-8,12-13H,9-11,14-16H2,1-6H3,(H,35,36)(H,29,31,32). The Balaban J connectivity index is 1.35. The van der Waals surface area contributed by atoms with Gasteiger partial charge in [-0.25, -0.2) is 14.8 Å². The highest BCUT2D eigenvalue weighted by Crippen LogP contribution is 2.40. The largest absolute Gasteiger partial charge is 0.476 e. The first-order valence-electron chi connectivity index (χ1n) is 13.6. The van der Waals surface area contributed by atoms with E-state index in [2.05, 4.69) is 65.4 Å². The van der Waals surface area contributed by atoms with Gasteiger partial charge in [0, 0.05) is 29.2 Å². The molecule has 0 amide bonds. The number of carboxylic acid groups (broad SMARTS) is 1. The number of nitrogens with zero attached hydrogens (tertiary/aromatic N) is 5. The van der Waals surface area contributed by atoms with Crippen LogP contribution in [0.4, 0.5) is 21.9 Å². The lowest BCUT2D eigenvalue weighted by atomic mass is 10.0. The summed E-state index contributed by atoms with van der Waals surface area (Å²) in [4.78, 5) is 24.1. The van der Waals surface area contributed by atoms with E-state index >= 15 is 0 Å². The molecular formula is C28H36N6O3S2Si. The van der Waals surface area contributed by atoms with Crippen LogP contribution in [0, 0.1) is 6.92 Å². The van der Waals surface area contributed by atoms with Crippen LogP contribution in [0.2, 0.25) is 18.1 Å². The molecule has 0 saturated heterocycles. The van der Waals surface area contributed by atoms with Gasteiger partial charge in [0.1, 0.15) is 0 Å². The lowest BCUT2D eigenvalue weighted by molar-refractivity contribution is 0.0690. The van der Waals surface area contributed by atoms with Crippen LogP contribution in [0.1, 0.15) is 60.1 Å². The van der Waals surface area contributed by atoms with Gasteiger partial charge < -0.3 is 19.7 Å². The quantitative estimate of drug-likeness (QED) is 0.151. The molecule has 0 bridgehead atoms. The monoisotopic (exact) mass is 596 g/mol. The number of hydrogen-bond acceptors (Lipinski definition) is 10. The number of anilines is 4. The molecule has 1 aliphatic heterocycles. The fraction of sp³-hybridized carbons (Fsp3) is 0.464. The first-order chi connectivity index (χ1) is 18.9. The summed E-state index contributed by atoms with van der Waals surface area (Å²) in [5.41, 5.74) is 3.19. The lowest BCUT2D eigenvalue weighted by Gasteiger charge is -2.36. The predicted octanol–water partition coefficient (Wildman–Crippen LogP) is 7.33. The minimum absolute atomic E-state index is 0.123. The van der Waals surface area contributed by atoms with E-state index in [1.165, 1.54) is 11.3 Å². The zero-order valence-corrected chi connectivity index (χ0v) is 26.5. The van der Waals surface area contributed by atoms with E-state index in [1.54, 1.807) is 11.3 Å². The van der Waals surface area contributed by atoms with Crippen molar-refractivity contribution >= 4 is 69.1 Å². The SMILES string of the molecule is Cc1c(Nc2nc3ccccc3s2)nnc2c1CCCN2c1nc(C(=O)O)c(CCCO[Si](C)(C)C(C)(C)C)s1. The first-order valence-corrected chi connectivity index (χ1v) is 18.1. The summed E-state index contributed by atoms with van der Waals surface area (Å²) in [5.74, 6) is 0.433. The zero-order chi connectivity index (χ0) is 28.7. The maximum absolute atomic E-state index is 12.1. The van der Waals surface area contributed by atoms with Crippen LogP contribution in [0.3, 0.4) is 0 Å². The van der Waals surface area contributed by atoms with Crippen molar-refractivity contribution in [1.29, 1.82) is 0 Å². The van der Waals surface area contributed by atoms with Gasteiger partial charge >= 0.3 is 5.97 Å². The number of carbonyl (C=O) groups is 1. The van der Waals surface area contributed by atoms with Crippen LogP contribution in [0.25, 0.3) is 10.2 Å². The van der Waals surface area contributed by atoms with Gasteiger partial charge in [-0.15, -0.1) is 21.5 Å². The highest BCUT2D eigenvalue weighted by Gasteiger charge is 2.37. The van der Waals surface area contributed by atoms with Gasteiger partial charge in [-0.2, -0.15) is 0 Å². The summed E-state index contributed by atoms with van der Waals surface area (Å²) < 4.78 is 7.42. The van der Waals surface area contributed by atoms with Crippen LogP contribution in [-0.4, -0.2) is 52.7 Å². The molecule has 4 aromatic rings. The van der Waals surface area contributed by atoms with Gasteiger partial charge in [0.05, 0.1) is 10.2 Å². The molecule has 1 aliphatic rings. The van der Waals surface area contributed by atoms with E-state index in [9.17, 15) is 9.90 Å². The van der Waals surface area contributed by atoms with Crippen molar-refractivity contribution in [2.75, 3.05) is 23.4 Å². The second-order valence-electron chi connectivity index (χ2n) is 11.6. The topological polar surface area (TPSA) is 113 Å². The van der Waals surface area contributed by atoms with Crippen LogP contribution < -0.4 is 10.2 Å². The molecule has 0 fully saturated rings. The minimum atomic E-state index is -1.84. The van der Waals surface area contributed by atoms with E-state index < -0.39 is 14.3 Å². The molecule has 3 aromatic heterocycles. The van der Waals surface area contributed by atoms with Crippen molar-refractivity contribution < 1.29 is 14.3 Å². The van der Waals surface area contributed by atoms with Gasteiger partial charge in [-0.1, -0.05) is 44.2 Å². The number of rotatable bonds is 9. The second kappa shape index (κ2) is 11.2. The Kier molecular flexibility index (Phi) is 7.97. The van der Waals surface area contributed by atoms with Gasteiger partial charge in [-0.05, 0) is 62.9 Å². The van der Waals surface area contributed by atoms with E-state index in [0.29, 0.717) is 30.5 Å². The minimum Gasteiger partial charge on any atom is -0.476 e. The number of fused-ring (bicyclic) bond motifs is 2. The molecule has 0 aliphatic carbocycles. The van der Waals surface area contributed by atoms with Gasteiger partial charge in [-0.3, -0.25) is 0 Å². The Morgan fingerprint density at radius 1 is 1.18 bits per heavy atom. The predicted molar refractivity (Wildman–Crippen MR) is 166 cm³/mol. The fourth-order valence-corrected chi connectivity index (χ4v) is 7.55. The van der Waals surface area contributed by atoms with Crippen LogP contribution in [0.5, 0.6) is 0 Å².